The van der Waals surface area contributed by atoms with Gasteiger partial charge in [-0.1, -0.05) is 18.0 Å². The summed E-state index contributed by atoms with van der Waals surface area (Å²) in [5.74, 6) is -1.13. The predicted octanol–water partition coefficient (Wildman–Crippen LogP) is 1.50. The molecule has 0 fully saturated rings. The number of aliphatic carboxylic acids is 1. The van der Waals surface area contributed by atoms with Gasteiger partial charge in [-0.3, -0.25) is 14.6 Å². The van der Waals surface area contributed by atoms with E-state index in [1.54, 1.807) is 0 Å². The Morgan fingerprint density at radius 3 is 2.72 bits per heavy atom. The molecule has 0 atom stereocenters. The van der Waals surface area contributed by atoms with Crippen LogP contribution >= 0.6 is 11.6 Å². The van der Waals surface area contributed by atoms with Crippen molar-refractivity contribution in [3.63, 3.8) is 0 Å². The molecule has 1 amide bonds. The lowest BCUT2D eigenvalue weighted by Gasteiger charge is -2.04. The number of halogens is 1. The summed E-state index contributed by atoms with van der Waals surface area (Å²) in [7, 11) is 0. The molecule has 0 unspecified atom stereocenters. The first-order valence-corrected chi connectivity index (χ1v) is 5.95. The van der Waals surface area contributed by atoms with Gasteiger partial charge in [0.25, 0.3) is 5.91 Å². The molecule has 0 saturated heterocycles. The van der Waals surface area contributed by atoms with Gasteiger partial charge in [-0.05, 0) is 12.8 Å². The van der Waals surface area contributed by atoms with Gasteiger partial charge in [0, 0.05) is 13.0 Å². The van der Waals surface area contributed by atoms with Crippen LogP contribution in [0.4, 0.5) is 0 Å². The van der Waals surface area contributed by atoms with Gasteiger partial charge in [-0.2, -0.15) is 0 Å². The van der Waals surface area contributed by atoms with E-state index in [1.807, 2.05) is 0 Å². The van der Waals surface area contributed by atoms with Gasteiger partial charge in [-0.15, -0.1) is 0 Å². The molecular weight excluding hydrogens is 258 g/mol. The maximum Gasteiger partial charge on any atom is 0.303 e. The quantitative estimate of drug-likeness (QED) is 0.733. The van der Waals surface area contributed by atoms with Crippen molar-refractivity contribution in [2.45, 2.75) is 25.7 Å². The van der Waals surface area contributed by atoms with E-state index in [0.717, 1.165) is 12.8 Å². The summed E-state index contributed by atoms with van der Waals surface area (Å²) in [6.45, 7) is 0.479. The third kappa shape index (κ3) is 5.58. The van der Waals surface area contributed by atoms with Crippen LogP contribution in [0.2, 0.25) is 5.15 Å². The fraction of sp³-hybridized carbons (Fsp3) is 0.455. The van der Waals surface area contributed by atoms with Gasteiger partial charge < -0.3 is 10.4 Å². The highest BCUT2D eigenvalue weighted by atomic mass is 35.5. The zero-order valence-electron chi connectivity index (χ0n) is 9.73. The molecule has 7 heteroatoms. The van der Waals surface area contributed by atoms with Crippen molar-refractivity contribution in [1.29, 1.82) is 0 Å². The largest absolute Gasteiger partial charge is 0.481 e. The smallest absolute Gasteiger partial charge is 0.303 e. The third-order valence-corrected chi connectivity index (χ3v) is 2.37. The van der Waals surface area contributed by atoms with E-state index in [0.29, 0.717) is 13.0 Å². The Kier molecular flexibility index (Phi) is 6.07. The number of unbranched alkanes of at least 4 members (excludes halogenated alkanes) is 2. The summed E-state index contributed by atoms with van der Waals surface area (Å²) in [6.07, 6.45) is 4.95. The fourth-order valence-corrected chi connectivity index (χ4v) is 1.47. The van der Waals surface area contributed by atoms with Crippen LogP contribution in [0.1, 0.15) is 36.2 Å². The summed E-state index contributed by atoms with van der Waals surface area (Å²) in [6, 6.07) is 0. The number of hydrogen-bond donors (Lipinski definition) is 2. The monoisotopic (exact) mass is 271 g/mol. The van der Waals surface area contributed by atoms with E-state index in [9.17, 15) is 9.59 Å². The Bertz CT molecular complexity index is 426. The molecule has 1 aromatic rings. The summed E-state index contributed by atoms with van der Waals surface area (Å²) >= 11 is 5.61. The number of rotatable bonds is 7. The molecule has 0 spiro atoms. The predicted molar refractivity (Wildman–Crippen MR) is 65.5 cm³/mol. The molecule has 1 rings (SSSR count). The van der Waals surface area contributed by atoms with E-state index >= 15 is 0 Å². The molecule has 0 saturated carbocycles. The lowest BCUT2D eigenvalue weighted by molar-refractivity contribution is -0.137. The van der Waals surface area contributed by atoms with Crippen LogP contribution in [0.15, 0.2) is 12.4 Å². The van der Waals surface area contributed by atoms with Crippen molar-refractivity contribution >= 4 is 23.5 Å². The molecule has 0 aromatic carbocycles. The number of nitrogens with one attached hydrogen (secondary N) is 1. The number of carboxylic acid groups (broad SMARTS) is 1. The Balaban J connectivity index is 2.20. The molecule has 2 N–H and O–H groups in total. The van der Waals surface area contributed by atoms with Crippen molar-refractivity contribution in [3.8, 4) is 0 Å². The second-order valence-electron chi connectivity index (χ2n) is 3.69. The highest BCUT2D eigenvalue weighted by Crippen LogP contribution is 2.03. The topological polar surface area (TPSA) is 92.2 Å². The van der Waals surface area contributed by atoms with Crippen molar-refractivity contribution in [3.05, 3.63) is 23.2 Å². The number of hydrogen-bond acceptors (Lipinski definition) is 4. The van der Waals surface area contributed by atoms with Crippen molar-refractivity contribution in [2.24, 2.45) is 0 Å². The number of carboxylic acids is 1. The van der Waals surface area contributed by atoms with Gasteiger partial charge in [-0.25, -0.2) is 4.98 Å². The van der Waals surface area contributed by atoms with Crippen molar-refractivity contribution in [1.82, 2.24) is 15.3 Å². The minimum atomic E-state index is -0.798. The first-order valence-electron chi connectivity index (χ1n) is 5.57. The van der Waals surface area contributed by atoms with Crippen LogP contribution in [-0.4, -0.2) is 33.5 Å². The Labute approximate surface area is 109 Å². The van der Waals surface area contributed by atoms with Crippen LogP contribution in [0, 0.1) is 0 Å². The lowest BCUT2D eigenvalue weighted by atomic mass is 10.2. The second-order valence-corrected chi connectivity index (χ2v) is 4.07. The first-order chi connectivity index (χ1) is 8.59. The molecule has 0 aliphatic heterocycles. The van der Waals surface area contributed by atoms with E-state index in [-0.39, 0.29) is 23.2 Å². The average molecular weight is 272 g/mol. The minimum absolute atomic E-state index is 0.160. The van der Waals surface area contributed by atoms with Crippen LogP contribution in [0.25, 0.3) is 0 Å². The molecule has 0 bridgehead atoms. The summed E-state index contributed by atoms with van der Waals surface area (Å²) < 4.78 is 0. The standard InChI is InChI=1S/C11H14ClN3O3/c12-9-7-13-6-8(15-9)11(18)14-5-3-1-2-4-10(16)17/h6-7H,1-5H2,(H,14,18)(H,16,17). The van der Waals surface area contributed by atoms with Crippen LogP contribution in [0.3, 0.4) is 0 Å². The molecular formula is C11H14ClN3O3. The zero-order chi connectivity index (χ0) is 13.4. The van der Waals surface area contributed by atoms with Crippen LogP contribution in [-0.2, 0) is 4.79 Å². The van der Waals surface area contributed by atoms with Gasteiger partial charge in [0.05, 0.1) is 12.4 Å². The van der Waals surface area contributed by atoms with Gasteiger partial charge in [0.1, 0.15) is 10.8 Å². The fourth-order valence-electron chi connectivity index (χ4n) is 1.32. The molecule has 98 valence electrons. The third-order valence-electron chi connectivity index (χ3n) is 2.19. The first kappa shape index (κ1) is 14.4. The Morgan fingerprint density at radius 2 is 2.06 bits per heavy atom. The van der Waals surface area contributed by atoms with Gasteiger partial charge in [0.15, 0.2) is 0 Å². The molecule has 0 aliphatic rings. The number of nitrogens with zero attached hydrogens (tertiary/aromatic N) is 2. The second kappa shape index (κ2) is 7.60. The summed E-state index contributed by atoms with van der Waals surface area (Å²) in [5.41, 5.74) is 0.174. The van der Waals surface area contributed by atoms with Crippen molar-refractivity contribution in [2.75, 3.05) is 6.54 Å². The SMILES string of the molecule is O=C(O)CCCCCNC(=O)c1cncc(Cl)n1. The molecule has 18 heavy (non-hydrogen) atoms. The molecule has 6 nitrogen and oxygen atoms in total. The van der Waals surface area contributed by atoms with Crippen LogP contribution < -0.4 is 5.32 Å². The molecule has 0 radical (unpaired) electrons. The van der Waals surface area contributed by atoms with Gasteiger partial charge >= 0.3 is 5.97 Å². The number of carbonyl (C=O) groups excluding carboxylic acids is 1. The molecule has 1 aromatic heterocycles. The number of aromatic nitrogens is 2. The van der Waals surface area contributed by atoms with E-state index in [2.05, 4.69) is 15.3 Å². The summed E-state index contributed by atoms with van der Waals surface area (Å²) in [5, 5.41) is 11.3. The number of amides is 1. The van der Waals surface area contributed by atoms with E-state index < -0.39 is 5.97 Å². The zero-order valence-corrected chi connectivity index (χ0v) is 10.5. The molecule has 1 heterocycles. The van der Waals surface area contributed by atoms with Crippen molar-refractivity contribution < 1.29 is 14.7 Å². The maximum absolute atomic E-state index is 11.6. The minimum Gasteiger partial charge on any atom is -0.481 e. The Morgan fingerprint density at radius 1 is 1.28 bits per heavy atom. The highest BCUT2D eigenvalue weighted by Gasteiger charge is 2.07. The maximum atomic E-state index is 11.6. The number of carbonyl (C=O) groups is 2. The van der Waals surface area contributed by atoms with Gasteiger partial charge in [0.2, 0.25) is 0 Å². The molecule has 0 aliphatic carbocycles. The van der Waals surface area contributed by atoms with E-state index in [4.69, 9.17) is 16.7 Å². The van der Waals surface area contributed by atoms with Crippen LogP contribution in [0.5, 0.6) is 0 Å². The lowest BCUT2D eigenvalue weighted by Crippen LogP contribution is -2.25. The highest BCUT2D eigenvalue weighted by molar-refractivity contribution is 6.29. The Hall–Kier alpha value is -1.69. The summed E-state index contributed by atoms with van der Waals surface area (Å²) in [4.78, 5) is 29.4. The van der Waals surface area contributed by atoms with E-state index in [1.165, 1.54) is 12.4 Å². The average Bonchev–Trinajstić information content (AvgIpc) is 2.33. The normalized spacial score (nSPS) is 10.1.